The van der Waals surface area contributed by atoms with E-state index in [4.69, 9.17) is 11.5 Å². The Morgan fingerprint density at radius 2 is 0.471 bits per heavy atom. The first-order valence-corrected chi connectivity index (χ1v) is 16.2. The molecule has 0 aromatic heterocycles. The van der Waals surface area contributed by atoms with E-state index in [1.165, 1.54) is 180 Å². The van der Waals surface area contributed by atoms with E-state index in [1.54, 1.807) is 0 Å². The van der Waals surface area contributed by atoms with Crippen molar-refractivity contribution in [1.82, 2.24) is 0 Å². The van der Waals surface area contributed by atoms with Crippen LogP contribution in [0.15, 0.2) is 0 Å². The maximum atomic E-state index is 6.36. The predicted molar refractivity (Wildman–Crippen MR) is 157 cm³/mol. The van der Waals surface area contributed by atoms with Crippen molar-refractivity contribution < 1.29 is 0 Å². The normalized spacial score (nSPS) is 13.4. The Kier molecular flexibility index (Phi) is 29.1. The molecule has 0 aliphatic rings. The first-order valence-electron chi connectivity index (χ1n) is 16.2. The third-order valence-electron chi connectivity index (χ3n) is 7.76. The molecule has 206 valence electrons. The molecule has 0 spiro atoms. The van der Waals surface area contributed by atoms with Gasteiger partial charge in [-0.2, -0.15) is 0 Å². The molecule has 0 aliphatic heterocycles. The molecule has 0 aromatic rings. The van der Waals surface area contributed by atoms with E-state index in [1.807, 2.05) is 0 Å². The summed E-state index contributed by atoms with van der Waals surface area (Å²) in [4.78, 5) is 0. The molecule has 4 N–H and O–H groups in total. The lowest BCUT2D eigenvalue weighted by Gasteiger charge is -2.13. The molecule has 2 heteroatoms. The van der Waals surface area contributed by atoms with Crippen molar-refractivity contribution in [3.8, 4) is 0 Å². The summed E-state index contributed by atoms with van der Waals surface area (Å²) in [7, 11) is 0. The van der Waals surface area contributed by atoms with Crippen LogP contribution in [0.4, 0.5) is 0 Å². The van der Waals surface area contributed by atoms with Crippen LogP contribution in [0, 0.1) is 0 Å². The van der Waals surface area contributed by atoms with Gasteiger partial charge in [0.2, 0.25) is 0 Å². The summed E-state index contributed by atoms with van der Waals surface area (Å²) in [6.07, 6.45) is 38.5. The van der Waals surface area contributed by atoms with Crippen molar-refractivity contribution >= 4 is 0 Å². The van der Waals surface area contributed by atoms with E-state index in [9.17, 15) is 0 Å². The number of hydrogen-bond acceptors (Lipinski definition) is 2. The highest BCUT2D eigenvalue weighted by molar-refractivity contribution is 4.64. The zero-order chi connectivity index (χ0) is 25.0. The Morgan fingerprint density at radius 3 is 0.676 bits per heavy atom. The van der Waals surface area contributed by atoms with Crippen LogP contribution in [0.1, 0.15) is 194 Å². The summed E-state index contributed by atoms with van der Waals surface area (Å²) in [6.45, 7) is 4.58. The zero-order valence-electron chi connectivity index (χ0n) is 24.1. The molecule has 34 heavy (non-hydrogen) atoms. The summed E-state index contributed by atoms with van der Waals surface area (Å²) < 4.78 is 0. The van der Waals surface area contributed by atoms with Crippen molar-refractivity contribution in [3.05, 3.63) is 0 Å². The van der Waals surface area contributed by atoms with Gasteiger partial charge in [0, 0.05) is 12.1 Å². The fourth-order valence-corrected chi connectivity index (χ4v) is 5.24. The fourth-order valence-electron chi connectivity index (χ4n) is 5.24. The van der Waals surface area contributed by atoms with Gasteiger partial charge in [-0.25, -0.2) is 0 Å². The molecule has 2 nitrogen and oxygen atoms in total. The van der Waals surface area contributed by atoms with Gasteiger partial charge in [0.25, 0.3) is 0 Å². The molecule has 0 radical (unpaired) electrons. The van der Waals surface area contributed by atoms with E-state index in [2.05, 4.69) is 13.8 Å². The Balaban J connectivity index is 3.23. The lowest BCUT2D eigenvalue weighted by molar-refractivity contribution is 0.464. The number of rotatable bonds is 29. The molecular formula is C32H68N2. The zero-order valence-corrected chi connectivity index (χ0v) is 24.1. The molecule has 2 unspecified atom stereocenters. The van der Waals surface area contributed by atoms with Crippen LogP contribution in [-0.2, 0) is 0 Å². The van der Waals surface area contributed by atoms with Crippen LogP contribution in [0.3, 0.4) is 0 Å². The van der Waals surface area contributed by atoms with Crippen LogP contribution in [0.2, 0.25) is 0 Å². The minimum Gasteiger partial charge on any atom is -0.328 e. The maximum Gasteiger partial charge on any atom is 0.00388 e. The van der Waals surface area contributed by atoms with E-state index in [0.29, 0.717) is 12.1 Å². The van der Waals surface area contributed by atoms with Crippen LogP contribution in [0.25, 0.3) is 0 Å². The van der Waals surface area contributed by atoms with Gasteiger partial charge >= 0.3 is 0 Å². The molecule has 0 aromatic carbocycles. The molecule has 2 atom stereocenters. The molecule has 0 rings (SSSR count). The predicted octanol–water partition coefficient (Wildman–Crippen LogP) is 10.6. The van der Waals surface area contributed by atoms with Gasteiger partial charge in [0.1, 0.15) is 0 Å². The summed E-state index contributed by atoms with van der Waals surface area (Å²) in [5, 5.41) is 0. The van der Waals surface area contributed by atoms with E-state index in [-0.39, 0.29) is 0 Å². The molecular weight excluding hydrogens is 412 g/mol. The SMILES string of the molecule is CCCCCCCCCCCCCCCCC(N)CCCCCCC(N)CCCCCCCC. The van der Waals surface area contributed by atoms with E-state index in [0.717, 1.165) is 0 Å². The van der Waals surface area contributed by atoms with Crippen molar-refractivity contribution in [1.29, 1.82) is 0 Å². The number of unbranched alkanes of at least 4 members (excludes halogenated alkanes) is 21. The Hall–Kier alpha value is -0.0800. The third kappa shape index (κ3) is 28.2. The monoisotopic (exact) mass is 481 g/mol. The maximum absolute atomic E-state index is 6.36. The average molecular weight is 481 g/mol. The topological polar surface area (TPSA) is 52.0 Å². The lowest BCUT2D eigenvalue weighted by Crippen LogP contribution is -2.20. The van der Waals surface area contributed by atoms with Crippen LogP contribution >= 0.6 is 0 Å². The quantitative estimate of drug-likeness (QED) is 0.105. The largest absolute Gasteiger partial charge is 0.328 e. The molecule has 0 fully saturated rings. The molecule has 0 saturated heterocycles. The van der Waals surface area contributed by atoms with Gasteiger partial charge in [-0.05, 0) is 25.7 Å². The van der Waals surface area contributed by atoms with Crippen LogP contribution in [-0.4, -0.2) is 12.1 Å². The highest BCUT2D eigenvalue weighted by Crippen LogP contribution is 2.16. The molecule has 0 heterocycles. The van der Waals surface area contributed by atoms with Gasteiger partial charge in [0.05, 0.1) is 0 Å². The Morgan fingerprint density at radius 1 is 0.294 bits per heavy atom. The van der Waals surface area contributed by atoms with Crippen molar-refractivity contribution in [2.75, 3.05) is 0 Å². The van der Waals surface area contributed by atoms with Gasteiger partial charge < -0.3 is 11.5 Å². The molecule has 0 amide bonds. The van der Waals surface area contributed by atoms with Crippen LogP contribution < -0.4 is 11.5 Å². The van der Waals surface area contributed by atoms with Gasteiger partial charge in [-0.15, -0.1) is 0 Å². The third-order valence-corrected chi connectivity index (χ3v) is 7.76. The molecule has 0 bridgehead atoms. The van der Waals surface area contributed by atoms with E-state index < -0.39 is 0 Å². The smallest absolute Gasteiger partial charge is 0.00388 e. The number of nitrogens with two attached hydrogens (primary N) is 2. The molecule has 0 saturated carbocycles. The summed E-state index contributed by atoms with van der Waals surface area (Å²) in [6, 6.07) is 0.876. The van der Waals surface area contributed by atoms with Gasteiger partial charge in [-0.1, -0.05) is 168 Å². The summed E-state index contributed by atoms with van der Waals surface area (Å²) >= 11 is 0. The Bertz CT molecular complexity index is 357. The highest BCUT2D eigenvalue weighted by Gasteiger charge is 2.05. The van der Waals surface area contributed by atoms with Crippen molar-refractivity contribution in [3.63, 3.8) is 0 Å². The average Bonchev–Trinajstić information content (AvgIpc) is 2.83. The second-order valence-electron chi connectivity index (χ2n) is 11.5. The summed E-state index contributed by atoms with van der Waals surface area (Å²) in [5.41, 5.74) is 12.7. The summed E-state index contributed by atoms with van der Waals surface area (Å²) in [5.74, 6) is 0. The second kappa shape index (κ2) is 29.2. The van der Waals surface area contributed by atoms with Crippen molar-refractivity contribution in [2.45, 2.75) is 206 Å². The number of hydrogen-bond donors (Lipinski definition) is 2. The molecule has 0 aliphatic carbocycles. The lowest BCUT2D eigenvalue weighted by atomic mass is 9.99. The van der Waals surface area contributed by atoms with Gasteiger partial charge in [0.15, 0.2) is 0 Å². The van der Waals surface area contributed by atoms with Crippen LogP contribution in [0.5, 0.6) is 0 Å². The van der Waals surface area contributed by atoms with Crippen molar-refractivity contribution in [2.24, 2.45) is 11.5 Å². The minimum atomic E-state index is 0.437. The highest BCUT2D eigenvalue weighted by atomic mass is 14.6. The first-order chi connectivity index (χ1) is 16.7. The fraction of sp³-hybridized carbons (Fsp3) is 1.00. The Labute approximate surface area is 217 Å². The minimum absolute atomic E-state index is 0.437. The van der Waals surface area contributed by atoms with Gasteiger partial charge in [-0.3, -0.25) is 0 Å². The first kappa shape index (κ1) is 33.9. The van der Waals surface area contributed by atoms with E-state index >= 15 is 0 Å². The standard InChI is InChI=1S/C32H68N2/c1-3-5-7-9-11-12-13-14-15-16-17-18-20-24-28-32(34)30-26-22-21-25-29-31(33)27-23-19-10-8-6-4-2/h31-32H,3-30,33-34H2,1-2H3. The second-order valence-corrected chi connectivity index (χ2v) is 11.5.